The molecule has 2 aromatic rings. The van der Waals surface area contributed by atoms with Crippen LogP contribution in [0.5, 0.6) is 17.2 Å². The minimum atomic E-state index is -2.68. The molecule has 0 spiro atoms. The second-order valence-electron chi connectivity index (χ2n) is 10.4. The molecule has 0 bridgehead atoms. The van der Waals surface area contributed by atoms with Crippen LogP contribution >= 0.6 is 0 Å². The molecule has 9 N–H and O–H groups in total. The van der Waals surface area contributed by atoms with Crippen LogP contribution in [0, 0.1) is 0 Å². The standard InChI is InChI=1S/C29H41N3O11/c1-4-5-12-43-28(38)22(31-27(37)20(30)13-16-6-8-17(34)9-7-16)24-26(36)29(39,15-33)25(35)23(32(24)40)19-11-10-18(41-2)14-21(19)42-3/h6-11,14,20,22-26,33-36,39-40H,4-5,12-13,15,30H2,1-3H3,(H,31,37)/t20-,22-,23-,24-,25-,26-,29-/m0/s1. The number of nitrogens with two attached hydrogens (primary N) is 1. The molecule has 0 unspecified atom stereocenters. The second-order valence-corrected chi connectivity index (χ2v) is 10.4. The van der Waals surface area contributed by atoms with E-state index in [0.29, 0.717) is 29.2 Å². The first-order chi connectivity index (χ1) is 20.4. The van der Waals surface area contributed by atoms with E-state index >= 15 is 0 Å². The van der Waals surface area contributed by atoms with Crippen LogP contribution < -0.4 is 20.5 Å². The third kappa shape index (κ3) is 7.36. The van der Waals surface area contributed by atoms with Gasteiger partial charge in [-0.05, 0) is 42.7 Å². The fourth-order valence-corrected chi connectivity index (χ4v) is 5.05. The Morgan fingerprint density at radius 3 is 2.35 bits per heavy atom. The van der Waals surface area contributed by atoms with Gasteiger partial charge >= 0.3 is 5.97 Å². The highest BCUT2D eigenvalue weighted by Crippen LogP contribution is 2.44. The Kier molecular flexibility index (Phi) is 11.7. The molecule has 1 fully saturated rings. The number of nitrogens with zero attached hydrogens (tertiary/aromatic N) is 1. The largest absolute Gasteiger partial charge is 0.508 e. The number of hydroxylamine groups is 2. The van der Waals surface area contributed by atoms with Gasteiger partial charge in [-0.3, -0.25) is 4.79 Å². The van der Waals surface area contributed by atoms with E-state index in [2.05, 4.69) is 5.32 Å². The van der Waals surface area contributed by atoms with E-state index in [0.717, 1.165) is 0 Å². The number of unbranched alkanes of at least 4 members (excludes halogenated alkanes) is 1. The molecule has 3 rings (SSSR count). The van der Waals surface area contributed by atoms with Crippen molar-refractivity contribution >= 4 is 11.9 Å². The molecule has 1 aliphatic rings. The maximum Gasteiger partial charge on any atom is 0.330 e. The van der Waals surface area contributed by atoms with Gasteiger partial charge in [0.2, 0.25) is 5.91 Å². The van der Waals surface area contributed by atoms with Crippen LogP contribution in [0.3, 0.4) is 0 Å². The lowest BCUT2D eigenvalue weighted by molar-refractivity contribution is -0.309. The first-order valence-electron chi connectivity index (χ1n) is 13.8. The summed E-state index contributed by atoms with van der Waals surface area (Å²) in [6.07, 6.45) is -3.04. The molecule has 0 aromatic heterocycles. The number of phenolic OH excluding ortho intramolecular Hbond substituents is 1. The summed E-state index contributed by atoms with van der Waals surface area (Å²) in [4.78, 5) is 26.7. The Balaban J connectivity index is 2.04. The van der Waals surface area contributed by atoms with Crippen LogP contribution in [-0.4, -0.2) is 111 Å². The molecule has 14 nitrogen and oxygen atoms in total. The fourth-order valence-electron chi connectivity index (χ4n) is 5.05. The SMILES string of the molecule is CCCCOC(=O)[C@@H](NC(=O)[C@@H](N)Cc1ccc(O)cc1)[C@H]1[C@H](O)[C@](O)(CO)[C@@H](O)[C@H](c2ccc(OC)cc2OC)N1O. The smallest absolute Gasteiger partial charge is 0.330 e. The Morgan fingerprint density at radius 1 is 1.09 bits per heavy atom. The summed E-state index contributed by atoms with van der Waals surface area (Å²) in [7, 11) is 2.74. The summed E-state index contributed by atoms with van der Waals surface area (Å²) in [6.45, 7) is 0.643. The van der Waals surface area contributed by atoms with E-state index in [-0.39, 0.29) is 30.1 Å². The van der Waals surface area contributed by atoms with Crippen LogP contribution in [-0.2, 0) is 20.7 Å². The zero-order chi connectivity index (χ0) is 31.9. The van der Waals surface area contributed by atoms with E-state index in [1.807, 2.05) is 6.92 Å². The lowest BCUT2D eigenvalue weighted by atomic mass is 9.74. The number of aliphatic hydroxyl groups excluding tert-OH is 3. The van der Waals surface area contributed by atoms with Gasteiger partial charge in [0, 0.05) is 11.6 Å². The van der Waals surface area contributed by atoms with Gasteiger partial charge in [-0.1, -0.05) is 25.5 Å². The highest BCUT2D eigenvalue weighted by molar-refractivity contribution is 5.88. The highest BCUT2D eigenvalue weighted by atomic mass is 16.5. The molecular formula is C29H41N3O11. The predicted molar refractivity (Wildman–Crippen MR) is 151 cm³/mol. The molecule has 2 aromatic carbocycles. The number of esters is 1. The van der Waals surface area contributed by atoms with Crippen LogP contribution in [0.25, 0.3) is 0 Å². The first-order valence-corrected chi connectivity index (χ1v) is 13.8. The van der Waals surface area contributed by atoms with E-state index in [1.165, 1.54) is 44.6 Å². The summed E-state index contributed by atoms with van der Waals surface area (Å²) in [5.74, 6) is -1.41. The van der Waals surface area contributed by atoms with E-state index in [4.69, 9.17) is 19.9 Å². The molecular weight excluding hydrogens is 566 g/mol. The number of amides is 1. The van der Waals surface area contributed by atoms with Gasteiger partial charge in [0.05, 0.1) is 45.6 Å². The number of benzene rings is 2. The number of nitrogens with one attached hydrogen (secondary N) is 1. The Morgan fingerprint density at radius 2 is 1.77 bits per heavy atom. The zero-order valence-electron chi connectivity index (χ0n) is 24.3. The Labute approximate surface area is 249 Å². The van der Waals surface area contributed by atoms with Gasteiger partial charge in [-0.15, -0.1) is 0 Å². The molecule has 0 aliphatic carbocycles. The van der Waals surface area contributed by atoms with Crippen molar-refractivity contribution in [1.82, 2.24) is 10.4 Å². The van der Waals surface area contributed by atoms with Crippen molar-refractivity contribution < 1.29 is 54.5 Å². The van der Waals surface area contributed by atoms with E-state index in [1.54, 1.807) is 12.1 Å². The first kappa shape index (κ1) is 34.0. The number of piperidine rings is 1. The molecule has 1 heterocycles. The Bertz CT molecular complexity index is 1230. The quantitative estimate of drug-likeness (QED) is 0.105. The van der Waals surface area contributed by atoms with Crippen molar-refractivity contribution in [3.05, 3.63) is 53.6 Å². The van der Waals surface area contributed by atoms with Crippen LogP contribution in [0.2, 0.25) is 0 Å². The average molecular weight is 608 g/mol. The van der Waals surface area contributed by atoms with Gasteiger partial charge < -0.3 is 56.0 Å². The monoisotopic (exact) mass is 607 g/mol. The number of methoxy groups -OCH3 is 2. The topological polar surface area (TPSA) is 224 Å². The molecule has 238 valence electrons. The number of carbonyl (C=O) groups is 2. The van der Waals surface area contributed by atoms with Gasteiger partial charge in [0.1, 0.15) is 41.1 Å². The van der Waals surface area contributed by atoms with E-state index in [9.17, 15) is 40.3 Å². The molecule has 1 amide bonds. The number of aromatic hydroxyl groups is 1. The lowest BCUT2D eigenvalue weighted by Crippen LogP contribution is -2.75. The molecule has 7 atom stereocenters. The highest BCUT2D eigenvalue weighted by Gasteiger charge is 2.61. The maximum atomic E-state index is 13.4. The van der Waals surface area contributed by atoms with Crippen molar-refractivity contribution in [2.75, 3.05) is 27.4 Å². The molecule has 43 heavy (non-hydrogen) atoms. The summed E-state index contributed by atoms with van der Waals surface area (Å²) in [5, 5.41) is 67.9. The number of aliphatic hydroxyl groups is 4. The van der Waals surface area contributed by atoms with Crippen molar-refractivity contribution in [2.45, 2.75) is 68.2 Å². The zero-order valence-corrected chi connectivity index (χ0v) is 24.3. The molecule has 0 saturated carbocycles. The normalized spacial score (nSPS) is 25.4. The average Bonchev–Trinajstić information content (AvgIpc) is 3.00. The van der Waals surface area contributed by atoms with Gasteiger partial charge in [0.25, 0.3) is 0 Å². The molecule has 1 aliphatic heterocycles. The minimum absolute atomic E-state index is 0.00470. The fraction of sp³-hybridized carbons (Fsp3) is 0.517. The number of ether oxygens (including phenoxy) is 3. The third-order valence-electron chi connectivity index (χ3n) is 7.61. The van der Waals surface area contributed by atoms with Gasteiger partial charge in [0.15, 0.2) is 0 Å². The third-order valence-corrected chi connectivity index (χ3v) is 7.61. The molecule has 14 heteroatoms. The second kappa shape index (κ2) is 14.8. The Hall–Kier alpha value is -3.50. The molecule has 0 radical (unpaired) electrons. The minimum Gasteiger partial charge on any atom is -0.508 e. The summed E-state index contributed by atoms with van der Waals surface area (Å²) >= 11 is 0. The predicted octanol–water partition coefficient (Wildman–Crippen LogP) is -0.633. The lowest BCUT2D eigenvalue weighted by Gasteiger charge is -2.53. The number of rotatable bonds is 13. The number of carbonyl (C=O) groups excluding carboxylic acids is 2. The maximum absolute atomic E-state index is 13.4. The summed E-state index contributed by atoms with van der Waals surface area (Å²) in [6, 6.07) is 3.87. The van der Waals surface area contributed by atoms with Crippen molar-refractivity contribution in [1.29, 1.82) is 0 Å². The molecule has 1 saturated heterocycles. The van der Waals surface area contributed by atoms with Crippen molar-refractivity contribution in [3.63, 3.8) is 0 Å². The summed E-state index contributed by atoms with van der Waals surface area (Å²) in [5.41, 5.74) is 4.15. The van der Waals surface area contributed by atoms with Gasteiger partial charge in [-0.2, -0.15) is 5.06 Å². The van der Waals surface area contributed by atoms with Crippen LogP contribution in [0.1, 0.15) is 36.9 Å². The van der Waals surface area contributed by atoms with Crippen molar-refractivity contribution in [2.24, 2.45) is 5.73 Å². The number of hydrogen-bond acceptors (Lipinski definition) is 13. The van der Waals surface area contributed by atoms with Crippen molar-refractivity contribution in [3.8, 4) is 17.2 Å². The van der Waals surface area contributed by atoms with Gasteiger partial charge in [-0.25, -0.2) is 4.79 Å². The van der Waals surface area contributed by atoms with Crippen LogP contribution in [0.15, 0.2) is 42.5 Å². The summed E-state index contributed by atoms with van der Waals surface area (Å²) < 4.78 is 15.9. The van der Waals surface area contributed by atoms with E-state index < -0.39 is 60.5 Å². The van der Waals surface area contributed by atoms with Crippen LogP contribution in [0.4, 0.5) is 0 Å². The number of hydrogen-bond donors (Lipinski definition) is 8. The number of phenols is 1.